The summed E-state index contributed by atoms with van der Waals surface area (Å²) in [5, 5.41) is 27.1. The maximum absolute atomic E-state index is 12.4. The van der Waals surface area contributed by atoms with Gasteiger partial charge in [0.15, 0.2) is 5.82 Å². The molecule has 1 aliphatic rings. The summed E-state index contributed by atoms with van der Waals surface area (Å²) in [4.78, 5) is 27.1. The second-order valence-electron chi connectivity index (χ2n) is 7.63. The average Bonchev–Trinajstić information content (AvgIpc) is 3.13. The maximum atomic E-state index is 12.4. The average molecular weight is 423 g/mol. The van der Waals surface area contributed by atoms with Crippen LogP contribution in [0.1, 0.15) is 32.5 Å². The fourth-order valence-electron chi connectivity index (χ4n) is 3.98. The minimum absolute atomic E-state index is 0.0252. The Morgan fingerprint density at radius 3 is 2.69 bits per heavy atom. The zero-order valence-electron chi connectivity index (χ0n) is 16.2. The van der Waals surface area contributed by atoms with Crippen molar-refractivity contribution in [1.82, 2.24) is 15.2 Å². The summed E-state index contributed by atoms with van der Waals surface area (Å²) >= 11 is 5.82. The number of aliphatic hydroxyl groups excluding tert-OH is 1. The van der Waals surface area contributed by atoms with Crippen LogP contribution in [0, 0.1) is 27.9 Å². The Labute approximate surface area is 172 Å². The molecule has 2 N–H and O–H groups in total. The van der Waals surface area contributed by atoms with Crippen molar-refractivity contribution in [2.75, 3.05) is 6.61 Å². The van der Waals surface area contributed by atoms with Gasteiger partial charge in [0.2, 0.25) is 0 Å². The van der Waals surface area contributed by atoms with Crippen LogP contribution >= 0.6 is 11.6 Å². The van der Waals surface area contributed by atoms with Crippen LogP contribution in [0.2, 0.25) is 5.02 Å². The van der Waals surface area contributed by atoms with Crippen molar-refractivity contribution >= 4 is 23.3 Å². The molecule has 3 rings (SSSR count). The molecule has 1 aromatic carbocycles. The molecule has 2 atom stereocenters. The molecule has 0 aliphatic heterocycles. The second kappa shape index (κ2) is 8.87. The number of carbonyl (C=O) groups excluding carboxylic acids is 1. The van der Waals surface area contributed by atoms with E-state index in [1.165, 1.54) is 12.1 Å². The molecule has 0 bridgehead atoms. The first-order valence-corrected chi connectivity index (χ1v) is 9.82. The van der Waals surface area contributed by atoms with Crippen molar-refractivity contribution in [3.63, 3.8) is 0 Å². The Kier molecular flexibility index (Phi) is 6.49. The van der Waals surface area contributed by atoms with E-state index in [-0.39, 0.29) is 53.4 Å². The summed E-state index contributed by atoms with van der Waals surface area (Å²) in [6.45, 7) is 4.20. The molecule has 1 heterocycles. The smallest absolute Gasteiger partial charge is 0.313 e. The predicted molar refractivity (Wildman–Crippen MR) is 105 cm³/mol. The highest BCUT2D eigenvalue weighted by molar-refractivity contribution is 6.32. The van der Waals surface area contributed by atoms with Crippen molar-refractivity contribution < 1.29 is 19.6 Å². The number of hydrogen-bond acceptors (Lipinski definition) is 7. The van der Waals surface area contributed by atoms with Crippen LogP contribution in [0.25, 0.3) is 11.4 Å². The number of H-pyrrole nitrogens is 1. The standard InChI is InChI=1S/C19H23ClN4O5/c1-10-5-12(9-25)6-11(2)18(10)29-17(26)8-16-21-19(23-22-16)13-3-4-14(20)15(7-13)24(27)28/h3-4,7,10-12,18,25H,5-6,8-9H2,1-2H3,(H,21,22,23). The molecule has 2 unspecified atom stereocenters. The Morgan fingerprint density at radius 1 is 1.38 bits per heavy atom. The van der Waals surface area contributed by atoms with Crippen LogP contribution in [-0.4, -0.2) is 43.9 Å². The molecule has 0 saturated heterocycles. The van der Waals surface area contributed by atoms with Crippen molar-refractivity contribution in [3.8, 4) is 11.4 Å². The molecule has 1 saturated carbocycles. The number of nitro groups is 1. The van der Waals surface area contributed by atoms with Gasteiger partial charge >= 0.3 is 5.97 Å². The first-order chi connectivity index (χ1) is 13.8. The highest BCUT2D eigenvalue weighted by Gasteiger charge is 2.35. The zero-order chi connectivity index (χ0) is 21.1. The van der Waals surface area contributed by atoms with E-state index in [9.17, 15) is 20.0 Å². The number of esters is 1. The third kappa shape index (κ3) is 4.91. The minimum atomic E-state index is -0.579. The molecule has 1 fully saturated rings. The maximum Gasteiger partial charge on any atom is 0.313 e. The molecule has 0 radical (unpaired) electrons. The highest BCUT2D eigenvalue weighted by Crippen LogP contribution is 2.35. The summed E-state index contributed by atoms with van der Waals surface area (Å²) in [7, 11) is 0. The minimum Gasteiger partial charge on any atom is -0.461 e. The Balaban J connectivity index is 1.65. The number of benzene rings is 1. The van der Waals surface area contributed by atoms with E-state index >= 15 is 0 Å². The largest absolute Gasteiger partial charge is 0.461 e. The van der Waals surface area contributed by atoms with Gasteiger partial charge in [-0.15, -0.1) is 0 Å². The van der Waals surface area contributed by atoms with Gasteiger partial charge in [0.1, 0.15) is 23.4 Å². The van der Waals surface area contributed by atoms with Gasteiger partial charge in [0.25, 0.3) is 5.69 Å². The lowest BCUT2D eigenvalue weighted by molar-refractivity contribution is -0.384. The number of aromatic nitrogens is 3. The number of hydrogen-bond donors (Lipinski definition) is 2. The summed E-state index contributed by atoms with van der Waals surface area (Å²) in [5.74, 6) is 0.709. The first-order valence-electron chi connectivity index (χ1n) is 9.44. The summed E-state index contributed by atoms with van der Waals surface area (Å²) in [5.41, 5.74) is 0.179. The molecule has 1 aromatic heterocycles. The Bertz CT molecular complexity index is 890. The van der Waals surface area contributed by atoms with Gasteiger partial charge in [0.05, 0.1) is 4.92 Å². The van der Waals surface area contributed by atoms with Gasteiger partial charge < -0.3 is 9.84 Å². The molecular formula is C19H23ClN4O5. The molecule has 0 amide bonds. The molecule has 0 spiro atoms. The fraction of sp³-hybridized carbons (Fsp3) is 0.526. The van der Waals surface area contributed by atoms with Gasteiger partial charge in [-0.25, -0.2) is 4.98 Å². The molecular weight excluding hydrogens is 400 g/mol. The third-order valence-corrected chi connectivity index (χ3v) is 5.62. The van der Waals surface area contributed by atoms with Crippen LogP contribution in [0.5, 0.6) is 0 Å². The van der Waals surface area contributed by atoms with E-state index < -0.39 is 10.9 Å². The van der Waals surface area contributed by atoms with Crippen LogP contribution in [0.15, 0.2) is 18.2 Å². The van der Waals surface area contributed by atoms with Crippen molar-refractivity contribution in [2.45, 2.75) is 39.2 Å². The van der Waals surface area contributed by atoms with Crippen LogP contribution in [0.3, 0.4) is 0 Å². The summed E-state index contributed by atoms with van der Waals surface area (Å²) < 4.78 is 5.68. The quantitative estimate of drug-likeness (QED) is 0.415. The lowest BCUT2D eigenvalue weighted by Gasteiger charge is -2.37. The van der Waals surface area contributed by atoms with Gasteiger partial charge in [-0.2, -0.15) is 5.10 Å². The topological polar surface area (TPSA) is 131 Å². The highest BCUT2D eigenvalue weighted by atomic mass is 35.5. The summed E-state index contributed by atoms with van der Waals surface area (Å²) in [6.07, 6.45) is 1.36. The third-order valence-electron chi connectivity index (χ3n) is 5.30. The second-order valence-corrected chi connectivity index (χ2v) is 8.04. The van der Waals surface area contributed by atoms with Crippen LogP contribution < -0.4 is 0 Å². The number of nitro benzene ring substituents is 1. The van der Waals surface area contributed by atoms with E-state index in [4.69, 9.17) is 16.3 Å². The zero-order valence-corrected chi connectivity index (χ0v) is 16.9. The molecule has 156 valence electrons. The molecule has 10 heteroatoms. The number of ether oxygens (including phenoxy) is 1. The van der Waals surface area contributed by atoms with E-state index in [1.54, 1.807) is 6.07 Å². The predicted octanol–water partition coefficient (Wildman–Crippen LogP) is 3.16. The normalized spacial score (nSPS) is 24.3. The van der Waals surface area contributed by atoms with Crippen molar-refractivity contribution in [3.05, 3.63) is 39.2 Å². The molecule has 9 nitrogen and oxygen atoms in total. The fourth-order valence-corrected chi connectivity index (χ4v) is 4.17. The number of carbonyl (C=O) groups is 1. The van der Waals surface area contributed by atoms with Gasteiger partial charge in [-0.3, -0.25) is 20.0 Å². The molecule has 1 aliphatic carbocycles. The van der Waals surface area contributed by atoms with E-state index in [2.05, 4.69) is 15.2 Å². The number of nitrogens with one attached hydrogen (secondary N) is 1. The number of aliphatic hydroxyl groups is 1. The number of rotatable bonds is 6. The Morgan fingerprint density at radius 2 is 2.07 bits per heavy atom. The van der Waals surface area contributed by atoms with Crippen LogP contribution in [0.4, 0.5) is 5.69 Å². The van der Waals surface area contributed by atoms with Gasteiger partial charge in [0, 0.05) is 18.2 Å². The number of nitrogens with zero attached hydrogens (tertiary/aromatic N) is 3. The number of halogens is 1. The Hall–Kier alpha value is -2.52. The van der Waals surface area contributed by atoms with E-state index in [1.807, 2.05) is 13.8 Å². The monoisotopic (exact) mass is 422 g/mol. The van der Waals surface area contributed by atoms with Crippen molar-refractivity contribution in [1.29, 1.82) is 0 Å². The lowest BCUT2D eigenvalue weighted by Crippen LogP contribution is -2.39. The van der Waals surface area contributed by atoms with Gasteiger partial charge in [-0.1, -0.05) is 25.4 Å². The molecule has 2 aromatic rings. The number of aromatic amines is 1. The SMILES string of the molecule is CC1CC(CO)CC(C)C1OC(=O)Cc1nc(-c2ccc(Cl)c([N+](=O)[O-])c2)n[nH]1. The van der Waals surface area contributed by atoms with E-state index in [0.29, 0.717) is 11.4 Å². The molecule has 29 heavy (non-hydrogen) atoms. The van der Waals surface area contributed by atoms with Crippen molar-refractivity contribution in [2.24, 2.45) is 17.8 Å². The van der Waals surface area contributed by atoms with Crippen LogP contribution in [-0.2, 0) is 16.0 Å². The van der Waals surface area contributed by atoms with E-state index in [0.717, 1.165) is 12.8 Å². The first kappa shape index (κ1) is 21.2. The summed E-state index contributed by atoms with van der Waals surface area (Å²) in [6, 6.07) is 4.27. The van der Waals surface area contributed by atoms with Gasteiger partial charge in [-0.05, 0) is 42.7 Å². The lowest BCUT2D eigenvalue weighted by atomic mass is 9.75.